The van der Waals surface area contributed by atoms with Gasteiger partial charge in [0.05, 0.1) is 0 Å². The number of hydrogen-bond acceptors (Lipinski definition) is 4. The van der Waals surface area contributed by atoms with Gasteiger partial charge in [-0.25, -0.2) is 0 Å². The number of carbonyl (C=O) groups excluding carboxylic acids is 1. The average Bonchev–Trinajstić information content (AvgIpc) is 2.65. The molecule has 1 heterocycles. The highest BCUT2D eigenvalue weighted by molar-refractivity contribution is 7.07. The summed E-state index contributed by atoms with van der Waals surface area (Å²) in [7, 11) is 0. The van der Waals surface area contributed by atoms with E-state index < -0.39 is 0 Å². The average molecular weight is 277 g/mol. The predicted molar refractivity (Wildman–Crippen MR) is 77.5 cm³/mol. The van der Waals surface area contributed by atoms with Gasteiger partial charge in [0, 0.05) is 22.4 Å². The maximum Gasteiger partial charge on any atom is 0.307 e. The van der Waals surface area contributed by atoms with E-state index in [-0.39, 0.29) is 17.3 Å². The Morgan fingerprint density at radius 2 is 2.16 bits per heavy atom. The van der Waals surface area contributed by atoms with Crippen LogP contribution in [0.25, 0.3) is 0 Å². The topological polar surface area (TPSA) is 77.1 Å². The molecule has 0 fully saturated rings. The van der Waals surface area contributed by atoms with E-state index in [9.17, 15) is 9.59 Å². The summed E-state index contributed by atoms with van der Waals surface area (Å²) in [6.45, 7) is 3.70. The van der Waals surface area contributed by atoms with Crippen molar-refractivity contribution in [2.24, 2.45) is 0 Å². The molecule has 0 aliphatic rings. The van der Waals surface area contributed by atoms with Gasteiger partial charge in [0.2, 0.25) is 5.91 Å². The number of nitrogen functional groups attached to an aromatic ring is 1. The summed E-state index contributed by atoms with van der Waals surface area (Å²) < 4.78 is 1.45. The highest BCUT2D eigenvalue weighted by Crippen LogP contribution is 2.18. The van der Waals surface area contributed by atoms with Gasteiger partial charge in [-0.15, -0.1) is 0 Å². The summed E-state index contributed by atoms with van der Waals surface area (Å²) in [5.41, 5.74) is 8.66. The molecule has 0 aliphatic heterocycles. The minimum absolute atomic E-state index is 0.0163. The lowest BCUT2D eigenvalue weighted by Crippen LogP contribution is -2.25. The lowest BCUT2D eigenvalue weighted by Gasteiger charge is -2.10. The molecule has 0 bridgehead atoms. The van der Waals surface area contributed by atoms with Crippen LogP contribution >= 0.6 is 11.3 Å². The minimum Gasteiger partial charge on any atom is -0.399 e. The highest BCUT2D eigenvalue weighted by Gasteiger charge is 2.09. The molecule has 5 nitrogen and oxygen atoms in total. The largest absolute Gasteiger partial charge is 0.399 e. The Morgan fingerprint density at radius 1 is 1.42 bits per heavy atom. The molecule has 0 unspecified atom stereocenters. The van der Waals surface area contributed by atoms with E-state index in [1.54, 1.807) is 24.4 Å². The molecule has 0 atom stereocenters. The van der Waals surface area contributed by atoms with Crippen molar-refractivity contribution in [1.82, 2.24) is 4.57 Å². The molecule has 19 heavy (non-hydrogen) atoms. The van der Waals surface area contributed by atoms with Gasteiger partial charge >= 0.3 is 4.87 Å². The Morgan fingerprint density at radius 3 is 2.79 bits per heavy atom. The molecule has 0 spiro atoms. The van der Waals surface area contributed by atoms with Crippen LogP contribution in [0.1, 0.15) is 11.3 Å². The third-order valence-corrected chi connectivity index (χ3v) is 3.69. The number of thiazole rings is 1. The lowest BCUT2D eigenvalue weighted by atomic mass is 10.2. The van der Waals surface area contributed by atoms with Crippen molar-refractivity contribution in [1.29, 1.82) is 0 Å². The zero-order valence-corrected chi connectivity index (χ0v) is 11.6. The fourth-order valence-corrected chi connectivity index (χ4v) is 2.44. The van der Waals surface area contributed by atoms with Crippen LogP contribution in [0.5, 0.6) is 0 Å². The molecule has 0 saturated carbocycles. The van der Waals surface area contributed by atoms with Gasteiger partial charge in [0.15, 0.2) is 0 Å². The molecule has 3 N–H and O–H groups in total. The molecule has 0 radical (unpaired) electrons. The van der Waals surface area contributed by atoms with Crippen LogP contribution in [-0.2, 0) is 11.3 Å². The van der Waals surface area contributed by atoms with Crippen molar-refractivity contribution in [2.75, 3.05) is 11.1 Å². The van der Waals surface area contributed by atoms with Gasteiger partial charge in [0.1, 0.15) is 6.54 Å². The zero-order valence-electron chi connectivity index (χ0n) is 10.8. The van der Waals surface area contributed by atoms with E-state index in [1.807, 2.05) is 13.0 Å². The van der Waals surface area contributed by atoms with Crippen LogP contribution in [0.3, 0.4) is 0 Å². The first-order chi connectivity index (χ1) is 8.97. The Hall–Kier alpha value is -2.08. The second-order valence-corrected chi connectivity index (χ2v) is 5.17. The van der Waals surface area contributed by atoms with Crippen molar-refractivity contribution < 1.29 is 4.79 Å². The Kier molecular flexibility index (Phi) is 3.71. The number of carbonyl (C=O) groups is 1. The summed E-state index contributed by atoms with van der Waals surface area (Å²) in [5, 5.41) is 4.51. The number of anilines is 2. The fraction of sp³-hybridized carbons (Fsp3) is 0.231. The van der Waals surface area contributed by atoms with E-state index in [0.29, 0.717) is 11.4 Å². The van der Waals surface area contributed by atoms with Gasteiger partial charge < -0.3 is 11.1 Å². The molecular formula is C13H15N3O2S. The third kappa shape index (κ3) is 3.03. The summed E-state index contributed by atoms with van der Waals surface area (Å²) in [4.78, 5) is 23.3. The number of nitrogens with two attached hydrogens (primary N) is 1. The number of aryl methyl sites for hydroxylation is 2. The zero-order chi connectivity index (χ0) is 14.0. The predicted octanol–water partition coefficient (Wildman–Crippen LogP) is 1.75. The molecule has 1 amide bonds. The SMILES string of the molecule is Cc1ccc(N)cc1NC(=O)Cn1c(C)csc1=O. The quantitative estimate of drug-likeness (QED) is 0.839. The van der Waals surface area contributed by atoms with Gasteiger partial charge in [0.25, 0.3) is 0 Å². The molecule has 1 aromatic carbocycles. The second-order valence-electron chi connectivity index (χ2n) is 4.35. The van der Waals surface area contributed by atoms with E-state index >= 15 is 0 Å². The first-order valence-electron chi connectivity index (χ1n) is 5.78. The summed E-state index contributed by atoms with van der Waals surface area (Å²) in [5.74, 6) is -0.239. The summed E-state index contributed by atoms with van der Waals surface area (Å²) in [6, 6.07) is 5.32. The number of aromatic nitrogens is 1. The third-order valence-electron chi connectivity index (χ3n) is 2.81. The Balaban J connectivity index is 2.14. The molecule has 1 aromatic heterocycles. The minimum atomic E-state index is -0.239. The number of benzene rings is 1. The van der Waals surface area contributed by atoms with Crippen LogP contribution in [0.2, 0.25) is 0 Å². The van der Waals surface area contributed by atoms with Crippen molar-refractivity contribution in [3.8, 4) is 0 Å². The summed E-state index contributed by atoms with van der Waals surface area (Å²) in [6.07, 6.45) is 0. The second kappa shape index (κ2) is 5.27. The molecule has 2 rings (SSSR count). The smallest absolute Gasteiger partial charge is 0.307 e. The van der Waals surface area contributed by atoms with Crippen molar-refractivity contribution >= 4 is 28.6 Å². The molecule has 2 aromatic rings. The van der Waals surface area contributed by atoms with Crippen molar-refractivity contribution in [3.05, 3.63) is 44.5 Å². The van der Waals surface area contributed by atoms with Crippen LogP contribution in [0, 0.1) is 13.8 Å². The highest BCUT2D eigenvalue weighted by atomic mass is 32.1. The normalized spacial score (nSPS) is 10.4. The van der Waals surface area contributed by atoms with Gasteiger partial charge in [-0.05, 0) is 31.5 Å². The van der Waals surface area contributed by atoms with Crippen molar-refractivity contribution in [2.45, 2.75) is 20.4 Å². The monoisotopic (exact) mass is 277 g/mol. The number of hydrogen-bond donors (Lipinski definition) is 2. The van der Waals surface area contributed by atoms with Crippen LogP contribution < -0.4 is 15.9 Å². The molecular weight excluding hydrogens is 262 g/mol. The van der Waals surface area contributed by atoms with Crippen molar-refractivity contribution in [3.63, 3.8) is 0 Å². The number of rotatable bonds is 3. The fourth-order valence-electron chi connectivity index (χ4n) is 1.70. The molecule has 100 valence electrons. The maximum absolute atomic E-state index is 11.9. The number of nitrogens with one attached hydrogen (secondary N) is 1. The Labute approximate surface area is 114 Å². The van der Waals surface area contributed by atoms with Crippen LogP contribution in [0.15, 0.2) is 28.4 Å². The molecule has 6 heteroatoms. The van der Waals surface area contributed by atoms with Crippen LogP contribution in [0.4, 0.5) is 11.4 Å². The van der Waals surface area contributed by atoms with Gasteiger partial charge in [-0.3, -0.25) is 14.2 Å². The Bertz CT molecular complexity index is 673. The maximum atomic E-state index is 11.9. The summed E-state index contributed by atoms with van der Waals surface area (Å²) >= 11 is 1.09. The van der Waals surface area contributed by atoms with E-state index in [1.165, 1.54) is 4.57 Å². The number of amides is 1. The first kappa shape index (κ1) is 13.4. The first-order valence-corrected chi connectivity index (χ1v) is 6.66. The van der Waals surface area contributed by atoms with E-state index in [4.69, 9.17) is 5.73 Å². The standard InChI is InChI=1S/C13H15N3O2S/c1-8-3-4-10(14)5-11(8)15-12(17)6-16-9(2)7-19-13(16)18/h3-5,7H,6,14H2,1-2H3,(H,15,17). The van der Waals surface area contributed by atoms with E-state index in [2.05, 4.69) is 5.32 Å². The lowest BCUT2D eigenvalue weighted by molar-refractivity contribution is -0.116. The molecule has 0 aliphatic carbocycles. The number of nitrogens with zero attached hydrogens (tertiary/aromatic N) is 1. The van der Waals surface area contributed by atoms with E-state index in [0.717, 1.165) is 22.6 Å². The van der Waals surface area contributed by atoms with Gasteiger partial charge in [-0.1, -0.05) is 17.4 Å². The molecule has 0 saturated heterocycles. The van der Waals surface area contributed by atoms with Crippen LogP contribution in [-0.4, -0.2) is 10.5 Å². The van der Waals surface area contributed by atoms with Gasteiger partial charge in [-0.2, -0.15) is 0 Å².